The first kappa shape index (κ1) is 11.6. The van der Waals surface area contributed by atoms with E-state index in [0.717, 1.165) is 5.69 Å². The summed E-state index contributed by atoms with van der Waals surface area (Å²) in [5, 5.41) is 3.89. The Kier molecular flexibility index (Phi) is 2.84. The predicted octanol–water partition coefficient (Wildman–Crippen LogP) is 0.436. The highest BCUT2D eigenvalue weighted by molar-refractivity contribution is 5.42. The lowest BCUT2D eigenvalue weighted by Gasteiger charge is -2.03. The summed E-state index contributed by atoms with van der Waals surface area (Å²) in [6.07, 6.45) is 7.37. The predicted molar refractivity (Wildman–Crippen MR) is 65.7 cm³/mol. The molecule has 0 fully saturated rings. The van der Waals surface area contributed by atoms with Crippen LogP contribution in [-0.4, -0.2) is 29.7 Å². The zero-order valence-electron chi connectivity index (χ0n) is 10.3. The van der Waals surface area contributed by atoms with Gasteiger partial charge in [-0.05, 0) is 0 Å². The normalized spacial score (nSPS) is 12.7. The van der Waals surface area contributed by atoms with Gasteiger partial charge in [0.1, 0.15) is 0 Å². The standard InChI is InChI=1S/C11H13N7O/c1-18-3-2-14-10(18)9-16-11(19-17-9)8(12)4-7-5-13-6-15-7/h2-3,5-6,8H,4,12H2,1H3,(H,13,15)/t8-/m0/s1. The van der Waals surface area contributed by atoms with Crippen LogP contribution in [0.1, 0.15) is 17.6 Å². The number of hydrogen-bond acceptors (Lipinski definition) is 6. The quantitative estimate of drug-likeness (QED) is 0.703. The van der Waals surface area contributed by atoms with Crippen molar-refractivity contribution in [3.8, 4) is 11.6 Å². The summed E-state index contributed by atoms with van der Waals surface area (Å²) in [5.41, 5.74) is 6.94. The molecule has 98 valence electrons. The maximum Gasteiger partial charge on any atom is 0.244 e. The van der Waals surface area contributed by atoms with Crippen LogP contribution in [0, 0.1) is 0 Å². The van der Waals surface area contributed by atoms with Crippen LogP contribution in [-0.2, 0) is 13.5 Å². The summed E-state index contributed by atoms with van der Waals surface area (Å²) in [5.74, 6) is 1.46. The molecule has 0 aromatic carbocycles. The third-order valence-corrected chi connectivity index (χ3v) is 2.77. The fraction of sp³-hybridized carbons (Fsp3) is 0.273. The molecule has 0 radical (unpaired) electrons. The summed E-state index contributed by atoms with van der Waals surface area (Å²) >= 11 is 0. The topological polar surface area (TPSA) is 111 Å². The largest absolute Gasteiger partial charge is 0.348 e. The molecule has 3 rings (SSSR count). The molecule has 0 aliphatic carbocycles. The second kappa shape index (κ2) is 4.65. The molecule has 8 nitrogen and oxygen atoms in total. The SMILES string of the molecule is Cn1ccnc1-c1noc([C@@H](N)Cc2cnc[nH]2)n1. The van der Waals surface area contributed by atoms with Gasteiger partial charge in [0.15, 0.2) is 5.82 Å². The number of imidazole rings is 2. The van der Waals surface area contributed by atoms with E-state index in [2.05, 4.69) is 25.1 Å². The number of aromatic nitrogens is 6. The number of aromatic amines is 1. The first-order valence-corrected chi connectivity index (χ1v) is 5.78. The average molecular weight is 259 g/mol. The lowest BCUT2D eigenvalue weighted by atomic mass is 10.2. The van der Waals surface area contributed by atoms with E-state index in [4.69, 9.17) is 10.3 Å². The minimum absolute atomic E-state index is 0.373. The van der Waals surface area contributed by atoms with Crippen molar-refractivity contribution in [3.63, 3.8) is 0 Å². The summed E-state index contributed by atoms with van der Waals surface area (Å²) in [6, 6.07) is -0.373. The van der Waals surface area contributed by atoms with Crippen molar-refractivity contribution in [2.45, 2.75) is 12.5 Å². The maximum atomic E-state index is 6.02. The molecule has 0 aliphatic rings. The molecule has 0 bridgehead atoms. The lowest BCUT2D eigenvalue weighted by Crippen LogP contribution is -2.14. The molecule has 0 saturated carbocycles. The summed E-state index contributed by atoms with van der Waals surface area (Å²) < 4.78 is 6.99. The number of rotatable bonds is 4. The number of H-pyrrole nitrogens is 1. The van der Waals surface area contributed by atoms with Gasteiger partial charge in [-0.1, -0.05) is 5.16 Å². The number of nitrogens with two attached hydrogens (primary N) is 1. The maximum absolute atomic E-state index is 6.02. The molecule has 0 unspecified atom stereocenters. The minimum atomic E-state index is -0.373. The van der Waals surface area contributed by atoms with E-state index in [1.807, 2.05) is 17.8 Å². The molecule has 0 amide bonds. The number of hydrogen-bond donors (Lipinski definition) is 2. The van der Waals surface area contributed by atoms with Gasteiger partial charge in [0.05, 0.1) is 12.4 Å². The zero-order valence-corrected chi connectivity index (χ0v) is 10.3. The molecule has 3 aromatic heterocycles. The minimum Gasteiger partial charge on any atom is -0.348 e. The van der Waals surface area contributed by atoms with Crippen LogP contribution in [0.3, 0.4) is 0 Å². The molecule has 19 heavy (non-hydrogen) atoms. The van der Waals surface area contributed by atoms with E-state index in [1.165, 1.54) is 0 Å². The van der Waals surface area contributed by atoms with Crippen molar-refractivity contribution in [2.75, 3.05) is 0 Å². The highest BCUT2D eigenvalue weighted by Gasteiger charge is 2.18. The molecular formula is C11H13N7O. The van der Waals surface area contributed by atoms with Crippen molar-refractivity contribution < 1.29 is 4.52 Å². The Morgan fingerprint density at radius 2 is 2.42 bits per heavy atom. The number of nitrogens with zero attached hydrogens (tertiary/aromatic N) is 5. The zero-order chi connectivity index (χ0) is 13.2. The first-order chi connectivity index (χ1) is 9.24. The fourth-order valence-electron chi connectivity index (χ4n) is 1.78. The Bertz CT molecular complexity index is 654. The van der Waals surface area contributed by atoms with Gasteiger partial charge in [-0.15, -0.1) is 0 Å². The molecule has 8 heteroatoms. The first-order valence-electron chi connectivity index (χ1n) is 5.78. The number of aryl methyl sites for hydroxylation is 1. The van der Waals surface area contributed by atoms with Crippen LogP contribution in [0.25, 0.3) is 11.6 Å². The van der Waals surface area contributed by atoms with Crippen LogP contribution in [0.4, 0.5) is 0 Å². The van der Waals surface area contributed by atoms with E-state index < -0.39 is 0 Å². The second-order valence-electron chi connectivity index (χ2n) is 4.21. The summed E-state index contributed by atoms with van der Waals surface area (Å²) in [6.45, 7) is 0. The molecule has 0 saturated heterocycles. The molecular weight excluding hydrogens is 246 g/mol. The van der Waals surface area contributed by atoms with Crippen molar-refractivity contribution in [3.05, 3.63) is 36.5 Å². The smallest absolute Gasteiger partial charge is 0.244 e. The third kappa shape index (κ3) is 2.25. The molecule has 0 aliphatic heterocycles. The summed E-state index contributed by atoms with van der Waals surface area (Å²) in [7, 11) is 1.86. The Morgan fingerprint density at radius 1 is 1.53 bits per heavy atom. The molecule has 3 heterocycles. The van der Waals surface area contributed by atoms with Crippen molar-refractivity contribution in [1.29, 1.82) is 0 Å². The van der Waals surface area contributed by atoms with E-state index in [0.29, 0.717) is 24.0 Å². The Labute approximate surface area is 108 Å². The van der Waals surface area contributed by atoms with Gasteiger partial charge in [0.25, 0.3) is 0 Å². The van der Waals surface area contributed by atoms with Gasteiger partial charge >= 0.3 is 0 Å². The van der Waals surface area contributed by atoms with E-state index in [-0.39, 0.29) is 6.04 Å². The van der Waals surface area contributed by atoms with Crippen LogP contribution in [0.5, 0.6) is 0 Å². The van der Waals surface area contributed by atoms with Crippen molar-refractivity contribution in [2.24, 2.45) is 12.8 Å². The lowest BCUT2D eigenvalue weighted by molar-refractivity contribution is 0.353. The Hall–Kier alpha value is -2.48. The number of nitrogens with one attached hydrogen (secondary N) is 1. The molecule has 3 N–H and O–H groups in total. The highest BCUT2D eigenvalue weighted by atomic mass is 16.5. The van der Waals surface area contributed by atoms with Gasteiger partial charge in [-0.3, -0.25) is 0 Å². The van der Waals surface area contributed by atoms with Crippen LogP contribution < -0.4 is 5.73 Å². The molecule has 1 atom stereocenters. The van der Waals surface area contributed by atoms with Gasteiger partial charge in [-0.25, -0.2) is 9.97 Å². The van der Waals surface area contributed by atoms with Gasteiger partial charge in [-0.2, -0.15) is 4.98 Å². The van der Waals surface area contributed by atoms with Gasteiger partial charge in [0, 0.05) is 37.8 Å². The third-order valence-electron chi connectivity index (χ3n) is 2.77. The second-order valence-corrected chi connectivity index (χ2v) is 4.21. The highest BCUT2D eigenvalue weighted by Crippen LogP contribution is 2.17. The fourth-order valence-corrected chi connectivity index (χ4v) is 1.78. The Morgan fingerprint density at radius 3 is 3.11 bits per heavy atom. The van der Waals surface area contributed by atoms with Crippen LogP contribution in [0.15, 0.2) is 29.4 Å². The summed E-state index contributed by atoms with van der Waals surface area (Å²) in [4.78, 5) is 15.3. The monoisotopic (exact) mass is 259 g/mol. The Balaban J connectivity index is 1.79. The van der Waals surface area contributed by atoms with E-state index in [1.54, 1.807) is 18.7 Å². The van der Waals surface area contributed by atoms with E-state index >= 15 is 0 Å². The van der Waals surface area contributed by atoms with Crippen LogP contribution >= 0.6 is 0 Å². The van der Waals surface area contributed by atoms with Crippen LogP contribution in [0.2, 0.25) is 0 Å². The van der Waals surface area contributed by atoms with Crippen molar-refractivity contribution in [1.82, 2.24) is 29.7 Å². The van der Waals surface area contributed by atoms with Crippen molar-refractivity contribution >= 4 is 0 Å². The molecule has 3 aromatic rings. The van der Waals surface area contributed by atoms with Gasteiger partial charge in [0.2, 0.25) is 11.7 Å². The van der Waals surface area contributed by atoms with E-state index in [9.17, 15) is 0 Å². The van der Waals surface area contributed by atoms with Gasteiger partial charge < -0.3 is 19.8 Å². The molecule has 0 spiro atoms. The average Bonchev–Trinajstić information content (AvgIpc) is 3.08.